The molecule has 0 unspecified atom stereocenters. The lowest BCUT2D eigenvalue weighted by atomic mass is 9.87. The summed E-state index contributed by atoms with van der Waals surface area (Å²) >= 11 is 6.09. The molecule has 0 bridgehead atoms. The second-order valence-electron chi connectivity index (χ2n) is 8.32. The lowest BCUT2D eigenvalue weighted by Crippen LogP contribution is -2.28. The summed E-state index contributed by atoms with van der Waals surface area (Å²) < 4.78 is 20.4. The number of halogens is 2. The van der Waals surface area contributed by atoms with Crippen LogP contribution in [0.1, 0.15) is 22.5 Å². The van der Waals surface area contributed by atoms with Gasteiger partial charge in [-0.3, -0.25) is 9.78 Å². The molecule has 0 aliphatic carbocycles. The van der Waals surface area contributed by atoms with Crippen molar-refractivity contribution in [1.29, 1.82) is 0 Å². The monoisotopic (exact) mass is 482 g/mol. The molecule has 0 N–H and O–H groups in total. The summed E-state index contributed by atoms with van der Waals surface area (Å²) in [5.74, 6) is 2.62. The molecule has 1 atom stereocenters. The van der Waals surface area contributed by atoms with E-state index in [0.717, 1.165) is 5.56 Å². The van der Waals surface area contributed by atoms with Gasteiger partial charge in [-0.25, -0.2) is 9.37 Å². The molecule has 5 nitrogen and oxygen atoms in total. The summed E-state index contributed by atoms with van der Waals surface area (Å²) in [5, 5.41) is 1.17. The van der Waals surface area contributed by atoms with Gasteiger partial charge in [-0.1, -0.05) is 41.8 Å². The average Bonchev–Trinajstić information content (AvgIpc) is 3.32. The van der Waals surface area contributed by atoms with Crippen LogP contribution in [-0.2, 0) is 19.8 Å². The number of terminal acetylenes is 1. The first kappa shape index (κ1) is 22.6. The fourth-order valence-electron chi connectivity index (χ4n) is 4.35. The molecule has 7 heteroatoms. The predicted octanol–water partition coefficient (Wildman–Crippen LogP) is 5.23. The first-order valence-electron chi connectivity index (χ1n) is 10.8. The molecule has 0 fully saturated rings. The van der Waals surface area contributed by atoms with Gasteiger partial charge in [0.25, 0.3) is 5.56 Å². The molecular weight excluding hydrogens is 463 g/mol. The van der Waals surface area contributed by atoms with Gasteiger partial charge >= 0.3 is 0 Å². The standard InChI is InChI=1S/C28H20ClFN4O/c1-4-18-6-5-7-19(12-18)22-14-27(35)34(3)24-15-32-25(13-23(22)24)28(30,26-16-31-17-33(26)2)20-8-10-21(29)11-9-20/h1,5-17H,2-3H3/t28-/m1/s1. The second kappa shape index (κ2) is 8.53. The Bertz CT molecular complexity index is 1680. The zero-order valence-corrected chi connectivity index (χ0v) is 19.8. The number of alkyl halides is 1. The maximum atomic E-state index is 17.3. The van der Waals surface area contributed by atoms with E-state index >= 15 is 4.39 Å². The summed E-state index contributed by atoms with van der Waals surface area (Å²) in [6, 6.07) is 17.1. The Kier molecular flexibility index (Phi) is 5.50. The first-order valence-corrected chi connectivity index (χ1v) is 11.2. The van der Waals surface area contributed by atoms with E-state index in [0.29, 0.717) is 38.3 Å². The van der Waals surface area contributed by atoms with Crippen LogP contribution in [0, 0.1) is 12.3 Å². The topological polar surface area (TPSA) is 52.7 Å². The van der Waals surface area contributed by atoms with Gasteiger partial charge in [0.2, 0.25) is 5.67 Å². The predicted molar refractivity (Wildman–Crippen MR) is 136 cm³/mol. The molecular formula is C28H20ClFN4O. The highest BCUT2D eigenvalue weighted by atomic mass is 35.5. The lowest BCUT2D eigenvalue weighted by Gasteiger charge is -2.26. The van der Waals surface area contributed by atoms with Crippen molar-refractivity contribution >= 4 is 22.5 Å². The van der Waals surface area contributed by atoms with Gasteiger partial charge in [0.05, 0.1) is 35.6 Å². The maximum absolute atomic E-state index is 17.3. The van der Waals surface area contributed by atoms with E-state index in [9.17, 15) is 4.79 Å². The van der Waals surface area contributed by atoms with E-state index in [-0.39, 0.29) is 11.3 Å². The highest BCUT2D eigenvalue weighted by Crippen LogP contribution is 2.41. The number of fused-ring (bicyclic) bond motifs is 1. The summed E-state index contributed by atoms with van der Waals surface area (Å²) in [5.41, 5.74) is 1.16. The number of aryl methyl sites for hydroxylation is 2. The molecule has 0 saturated carbocycles. The van der Waals surface area contributed by atoms with Gasteiger partial charge in [0.15, 0.2) is 0 Å². The number of benzene rings is 2. The Hall–Kier alpha value is -4.21. The van der Waals surface area contributed by atoms with Crippen molar-refractivity contribution in [2.24, 2.45) is 14.1 Å². The molecule has 3 aromatic heterocycles. The van der Waals surface area contributed by atoms with Gasteiger partial charge in [0, 0.05) is 41.7 Å². The van der Waals surface area contributed by atoms with Crippen LogP contribution in [0.5, 0.6) is 0 Å². The largest absolute Gasteiger partial charge is 0.334 e. The zero-order valence-electron chi connectivity index (χ0n) is 19.0. The van der Waals surface area contributed by atoms with Gasteiger partial charge in [-0.2, -0.15) is 0 Å². The van der Waals surface area contributed by atoms with Crippen molar-refractivity contribution in [3.8, 4) is 23.5 Å². The van der Waals surface area contributed by atoms with Crippen molar-refractivity contribution in [3.63, 3.8) is 0 Å². The smallest absolute Gasteiger partial charge is 0.251 e. The minimum atomic E-state index is -2.13. The third-order valence-corrected chi connectivity index (χ3v) is 6.49. The first-order chi connectivity index (χ1) is 16.8. The summed E-state index contributed by atoms with van der Waals surface area (Å²) in [6.45, 7) is 0. The van der Waals surface area contributed by atoms with E-state index in [1.807, 2.05) is 24.3 Å². The van der Waals surface area contributed by atoms with Crippen LogP contribution < -0.4 is 5.56 Å². The number of rotatable bonds is 4. The van der Waals surface area contributed by atoms with E-state index in [2.05, 4.69) is 15.9 Å². The average molecular weight is 483 g/mol. The third kappa shape index (κ3) is 3.71. The number of nitrogens with zero attached hydrogens (tertiary/aromatic N) is 4. The molecule has 3 heterocycles. The Labute approximate surface area is 206 Å². The van der Waals surface area contributed by atoms with Gasteiger partial charge in [-0.15, -0.1) is 6.42 Å². The Morgan fingerprint density at radius 2 is 1.83 bits per heavy atom. The number of imidazole rings is 1. The van der Waals surface area contributed by atoms with E-state index in [4.69, 9.17) is 18.0 Å². The van der Waals surface area contributed by atoms with Gasteiger partial charge in [0.1, 0.15) is 0 Å². The molecule has 35 heavy (non-hydrogen) atoms. The number of pyridine rings is 2. The quantitative estimate of drug-likeness (QED) is 0.330. The molecule has 0 amide bonds. The number of aromatic nitrogens is 4. The molecule has 0 spiro atoms. The Balaban J connectivity index is 1.84. The van der Waals surface area contributed by atoms with E-state index in [1.54, 1.807) is 55.3 Å². The minimum absolute atomic E-state index is 0.156. The Morgan fingerprint density at radius 1 is 1.06 bits per heavy atom. The van der Waals surface area contributed by atoms with Gasteiger partial charge < -0.3 is 9.13 Å². The van der Waals surface area contributed by atoms with E-state index in [1.165, 1.54) is 23.0 Å². The number of hydrogen-bond donors (Lipinski definition) is 0. The molecule has 0 aliphatic rings. The van der Waals surface area contributed by atoms with Gasteiger partial charge in [-0.05, 0) is 41.5 Å². The molecule has 2 aromatic carbocycles. The van der Waals surface area contributed by atoms with Crippen molar-refractivity contribution in [3.05, 3.63) is 117 Å². The van der Waals surface area contributed by atoms with Crippen LogP contribution >= 0.6 is 11.6 Å². The van der Waals surface area contributed by atoms with Crippen molar-refractivity contribution < 1.29 is 4.39 Å². The normalized spacial score (nSPS) is 12.9. The maximum Gasteiger partial charge on any atom is 0.251 e. The van der Waals surface area contributed by atoms with Crippen molar-refractivity contribution in [2.75, 3.05) is 0 Å². The minimum Gasteiger partial charge on any atom is -0.334 e. The molecule has 5 aromatic rings. The second-order valence-corrected chi connectivity index (χ2v) is 8.76. The highest BCUT2D eigenvalue weighted by Gasteiger charge is 2.41. The van der Waals surface area contributed by atoms with Crippen LogP contribution in [0.4, 0.5) is 4.39 Å². The highest BCUT2D eigenvalue weighted by molar-refractivity contribution is 6.30. The van der Waals surface area contributed by atoms with Crippen LogP contribution in [0.15, 0.2) is 84.2 Å². The molecule has 5 rings (SSSR count). The molecule has 172 valence electrons. The van der Waals surface area contributed by atoms with Crippen LogP contribution in [0.2, 0.25) is 5.02 Å². The fraction of sp³-hybridized carbons (Fsp3) is 0.107. The lowest BCUT2D eigenvalue weighted by molar-refractivity contribution is 0.260. The van der Waals surface area contributed by atoms with Crippen LogP contribution in [-0.4, -0.2) is 19.1 Å². The van der Waals surface area contributed by atoms with Crippen LogP contribution in [0.3, 0.4) is 0 Å². The summed E-state index contributed by atoms with van der Waals surface area (Å²) in [6.07, 6.45) is 10.2. The SMILES string of the molecule is C#Cc1cccc(-c2cc(=O)n(C)c3cnc([C@](F)(c4ccc(Cl)cc4)c4cncn4C)cc23)c1. The number of hydrogen-bond acceptors (Lipinski definition) is 3. The molecule has 0 aliphatic heterocycles. The Morgan fingerprint density at radius 3 is 2.51 bits per heavy atom. The van der Waals surface area contributed by atoms with E-state index < -0.39 is 5.67 Å². The van der Waals surface area contributed by atoms with Crippen LogP contribution in [0.25, 0.3) is 22.0 Å². The summed E-state index contributed by atoms with van der Waals surface area (Å²) in [7, 11) is 3.39. The summed E-state index contributed by atoms with van der Waals surface area (Å²) in [4.78, 5) is 21.4. The third-order valence-electron chi connectivity index (χ3n) is 6.24. The molecule has 0 saturated heterocycles. The van der Waals surface area contributed by atoms with Crippen molar-refractivity contribution in [2.45, 2.75) is 5.67 Å². The fourth-order valence-corrected chi connectivity index (χ4v) is 4.47. The van der Waals surface area contributed by atoms with Crippen molar-refractivity contribution in [1.82, 2.24) is 19.1 Å². The zero-order chi connectivity index (χ0) is 24.7. The molecule has 0 radical (unpaired) electrons.